The van der Waals surface area contributed by atoms with E-state index in [2.05, 4.69) is 10.1 Å². The summed E-state index contributed by atoms with van der Waals surface area (Å²) in [6, 6.07) is 0. The predicted octanol–water partition coefficient (Wildman–Crippen LogP) is 1.58. The molecule has 1 rings (SSSR count). The highest BCUT2D eigenvalue weighted by atomic mass is 19.4. The monoisotopic (exact) mass is 241 g/mol. The van der Waals surface area contributed by atoms with Gasteiger partial charge in [-0.3, -0.25) is 0 Å². The van der Waals surface area contributed by atoms with Gasteiger partial charge in [-0.05, 0) is 31.8 Å². The first-order chi connectivity index (χ1) is 7.58. The molecular formula is C10H18F3NO2. The Hall–Kier alpha value is -0.330. The molecule has 0 aromatic heterocycles. The molecule has 16 heavy (non-hydrogen) atoms. The highest BCUT2D eigenvalue weighted by Gasteiger charge is 2.27. The van der Waals surface area contributed by atoms with E-state index in [-0.39, 0.29) is 13.2 Å². The minimum Gasteiger partial charge on any atom is -0.379 e. The molecule has 96 valence electrons. The number of halogens is 3. The van der Waals surface area contributed by atoms with Crippen molar-refractivity contribution in [1.29, 1.82) is 0 Å². The first-order valence-corrected chi connectivity index (χ1v) is 5.51. The summed E-state index contributed by atoms with van der Waals surface area (Å²) in [4.78, 5) is 0. The van der Waals surface area contributed by atoms with E-state index in [1.54, 1.807) is 0 Å². The highest BCUT2D eigenvalue weighted by Crippen LogP contribution is 2.14. The Morgan fingerprint density at radius 2 is 1.69 bits per heavy atom. The Morgan fingerprint density at radius 1 is 1.06 bits per heavy atom. The van der Waals surface area contributed by atoms with Crippen LogP contribution >= 0.6 is 0 Å². The van der Waals surface area contributed by atoms with Crippen molar-refractivity contribution in [2.45, 2.75) is 19.0 Å². The van der Waals surface area contributed by atoms with Gasteiger partial charge in [-0.1, -0.05) is 0 Å². The van der Waals surface area contributed by atoms with Crippen molar-refractivity contribution in [3.05, 3.63) is 0 Å². The molecule has 1 saturated heterocycles. The Kier molecular flexibility index (Phi) is 6.08. The Balaban J connectivity index is 1.87. The van der Waals surface area contributed by atoms with E-state index in [4.69, 9.17) is 4.74 Å². The molecule has 0 unspecified atom stereocenters. The molecule has 0 aromatic carbocycles. The van der Waals surface area contributed by atoms with Gasteiger partial charge in [0.05, 0.1) is 13.2 Å². The first kappa shape index (κ1) is 13.7. The maximum atomic E-state index is 11.7. The third-order valence-electron chi connectivity index (χ3n) is 2.45. The predicted molar refractivity (Wildman–Crippen MR) is 53.3 cm³/mol. The van der Waals surface area contributed by atoms with Gasteiger partial charge >= 0.3 is 6.18 Å². The van der Waals surface area contributed by atoms with Crippen LogP contribution < -0.4 is 5.32 Å². The first-order valence-electron chi connectivity index (χ1n) is 5.51. The van der Waals surface area contributed by atoms with Crippen molar-refractivity contribution < 1.29 is 22.6 Å². The van der Waals surface area contributed by atoms with Crippen LogP contribution in [0.3, 0.4) is 0 Å². The van der Waals surface area contributed by atoms with E-state index in [0.29, 0.717) is 12.5 Å². The molecule has 1 heterocycles. The zero-order valence-corrected chi connectivity index (χ0v) is 9.18. The average molecular weight is 241 g/mol. The summed E-state index contributed by atoms with van der Waals surface area (Å²) >= 11 is 0. The van der Waals surface area contributed by atoms with Crippen LogP contribution in [0.1, 0.15) is 12.8 Å². The molecule has 0 radical (unpaired) electrons. The standard InChI is InChI=1S/C10H18F3NO2/c11-10(12,13)8-16-6-5-15-7-9-1-3-14-4-2-9/h9,14H,1-8H2. The molecule has 1 aliphatic rings. The zero-order chi connectivity index (χ0) is 11.9. The lowest BCUT2D eigenvalue weighted by Gasteiger charge is -2.22. The van der Waals surface area contributed by atoms with Gasteiger partial charge in [0.2, 0.25) is 0 Å². The summed E-state index contributed by atoms with van der Waals surface area (Å²) in [5.74, 6) is 0.531. The summed E-state index contributed by atoms with van der Waals surface area (Å²) in [6.45, 7) is 1.67. The van der Waals surface area contributed by atoms with Crippen LogP contribution in [-0.2, 0) is 9.47 Å². The third-order valence-corrected chi connectivity index (χ3v) is 2.45. The number of alkyl halides is 3. The van der Waals surface area contributed by atoms with Crippen LogP contribution in [0.15, 0.2) is 0 Å². The normalized spacial score (nSPS) is 18.9. The Morgan fingerprint density at radius 3 is 2.31 bits per heavy atom. The van der Waals surface area contributed by atoms with Gasteiger partial charge in [0.25, 0.3) is 0 Å². The van der Waals surface area contributed by atoms with E-state index in [0.717, 1.165) is 25.9 Å². The second-order valence-electron chi connectivity index (χ2n) is 3.94. The van der Waals surface area contributed by atoms with Crippen molar-refractivity contribution in [3.63, 3.8) is 0 Å². The fourth-order valence-electron chi connectivity index (χ4n) is 1.60. The van der Waals surface area contributed by atoms with Crippen molar-refractivity contribution in [1.82, 2.24) is 5.32 Å². The van der Waals surface area contributed by atoms with Gasteiger partial charge in [-0.15, -0.1) is 0 Å². The Labute approximate surface area is 93.3 Å². The molecule has 0 saturated carbocycles. The number of nitrogens with one attached hydrogen (secondary N) is 1. The maximum absolute atomic E-state index is 11.7. The van der Waals surface area contributed by atoms with Crippen LogP contribution in [0.4, 0.5) is 13.2 Å². The summed E-state index contributed by atoms with van der Waals surface area (Å²) < 4.78 is 44.7. The number of rotatable bonds is 6. The summed E-state index contributed by atoms with van der Waals surface area (Å²) in [6.07, 6.45) is -2.10. The second-order valence-corrected chi connectivity index (χ2v) is 3.94. The number of piperidine rings is 1. The van der Waals surface area contributed by atoms with Crippen LogP contribution in [0, 0.1) is 5.92 Å². The maximum Gasteiger partial charge on any atom is 0.411 e. The van der Waals surface area contributed by atoms with Gasteiger partial charge in [-0.25, -0.2) is 0 Å². The van der Waals surface area contributed by atoms with E-state index in [9.17, 15) is 13.2 Å². The molecule has 1 fully saturated rings. The minimum absolute atomic E-state index is 0.00444. The molecule has 0 aliphatic carbocycles. The van der Waals surface area contributed by atoms with Gasteiger partial charge < -0.3 is 14.8 Å². The smallest absolute Gasteiger partial charge is 0.379 e. The van der Waals surface area contributed by atoms with Gasteiger partial charge in [0, 0.05) is 6.61 Å². The van der Waals surface area contributed by atoms with Crippen molar-refractivity contribution in [3.8, 4) is 0 Å². The van der Waals surface area contributed by atoms with E-state index in [1.807, 2.05) is 0 Å². The molecule has 1 aliphatic heterocycles. The lowest BCUT2D eigenvalue weighted by atomic mass is 9.99. The molecule has 0 atom stereocenters. The molecule has 0 aromatic rings. The van der Waals surface area contributed by atoms with Crippen LogP contribution in [0.2, 0.25) is 0 Å². The zero-order valence-electron chi connectivity index (χ0n) is 9.18. The Bertz CT molecular complexity index is 181. The second kappa shape index (κ2) is 7.09. The largest absolute Gasteiger partial charge is 0.411 e. The molecular weight excluding hydrogens is 223 g/mol. The van der Waals surface area contributed by atoms with Crippen LogP contribution in [0.25, 0.3) is 0 Å². The van der Waals surface area contributed by atoms with E-state index >= 15 is 0 Å². The summed E-state index contributed by atoms with van der Waals surface area (Å²) in [7, 11) is 0. The fourth-order valence-corrected chi connectivity index (χ4v) is 1.60. The number of hydrogen-bond donors (Lipinski definition) is 1. The molecule has 0 bridgehead atoms. The lowest BCUT2D eigenvalue weighted by Crippen LogP contribution is -2.30. The van der Waals surface area contributed by atoms with Crippen molar-refractivity contribution >= 4 is 0 Å². The topological polar surface area (TPSA) is 30.5 Å². The van der Waals surface area contributed by atoms with E-state index < -0.39 is 12.8 Å². The number of hydrogen-bond acceptors (Lipinski definition) is 3. The average Bonchev–Trinajstić information content (AvgIpc) is 2.23. The molecule has 3 nitrogen and oxygen atoms in total. The fraction of sp³-hybridized carbons (Fsp3) is 1.00. The SMILES string of the molecule is FC(F)(F)COCCOCC1CCNCC1. The molecule has 1 N–H and O–H groups in total. The van der Waals surface area contributed by atoms with Gasteiger partial charge in [0.1, 0.15) is 6.61 Å². The highest BCUT2D eigenvalue weighted by molar-refractivity contribution is 4.67. The van der Waals surface area contributed by atoms with Crippen molar-refractivity contribution in [2.24, 2.45) is 5.92 Å². The van der Waals surface area contributed by atoms with Gasteiger partial charge in [0.15, 0.2) is 0 Å². The quantitative estimate of drug-likeness (QED) is 0.716. The molecule has 0 spiro atoms. The van der Waals surface area contributed by atoms with Crippen LogP contribution in [-0.4, -0.2) is 45.7 Å². The van der Waals surface area contributed by atoms with Crippen LogP contribution in [0.5, 0.6) is 0 Å². The minimum atomic E-state index is -4.24. The lowest BCUT2D eigenvalue weighted by molar-refractivity contribution is -0.176. The number of ether oxygens (including phenoxy) is 2. The van der Waals surface area contributed by atoms with E-state index in [1.165, 1.54) is 0 Å². The van der Waals surface area contributed by atoms with Gasteiger partial charge in [-0.2, -0.15) is 13.2 Å². The summed E-state index contributed by atoms with van der Waals surface area (Å²) in [5.41, 5.74) is 0. The van der Waals surface area contributed by atoms with Crippen molar-refractivity contribution in [2.75, 3.05) is 39.5 Å². The molecule has 0 amide bonds. The summed E-state index contributed by atoms with van der Waals surface area (Å²) in [5, 5.41) is 3.24. The molecule has 6 heteroatoms. The third kappa shape index (κ3) is 7.03.